The number of ether oxygens (including phenoxy) is 1. The van der Waals surface area contributed by atoms with Crippen LogP contribution in [0.25, 0.3) is 5.82 Å². The van der Waals surface area contributed by atoms with E-state index in [9.17, 15) is 26.4 Å². The van der Waals surface area contributed by atoms with E-state index in [1.54, 1.807) is 30.5 Å². The number of pyridine rings is 2. The number of anilines is 1. The summed E-state index contributed by atoms with van der Waals surface area (Å²) in [7, 11) is -4.31. The van der Waals surface area contributed by atoms with E-state index >= 15 is 0 Å². The van der Waals surface area contributed by atoms with Gasteiger partial charge in [-0.3, -0.25) is 4.79 Å². The Kier molecular flexibility index (Phi) is 8.64. The highest BCUT2D eigenvalue weighted by atomic mass is 32.2. The SMILES string of the molecule is CC1(C)CC2CN1c1nc(-n3ccc(OCCC4(C(F)(F)F)CC4)n3)ccc1C(=O)NS(=O)(=O)c1cccc(n1)CCCC2c1ccccc1. The Hall–Kier alpha value is -4.46. The Morgan fingerprint density at radius 2 is 1.78 bits per heavy atom. The molecule has 2 unspecified atom stereocenters. The van der Waals surface area contributed by atoms with Crippen LogP contribution in [-0.2, 0) is 16.4 Å². The molecule has 1 amide bonds. The Balaban J connectivity index is 1.24. The number of rotatable bonds is 6. The largest absolute Gasteiger partial charge is 0.477 e. The van der Waals surface area contributed by atoms with Crippen molar-refractivity contribution in [3.63, 3.8) is 0 Å². The van der Waals surface area contributed by atoms with E-state index in [-0.39, 0.29) is 54.2 Å². The zero-order chi connectivity index (χ0) is 35.3. The predicted molar refractivity (Wildman–Crippen MR) is 180 cm³/mol. The predicted octanol–water partition coefficient (Wildman–Crippen LogP) is 6.62. The summed E-state index contributed by atoms with van der Waals surface area (Å²) in [5, 5.41) is 4.16. The highest BCUT2D eigenvalue weighted by Crippen LogP contribution is 2.59. The van der Waals surface area contributed by atoms with Crippen molar-refractivity contribution in [3.8, 4) is 11.7 Å². The number of halogens is 3. The second-order valence-electron chi connectivity index (χ2n) is 14.2. The number of amides is 1. The first-order chi connectivity index (χ1) is 23.7. The molecule has 2 aliphatic heterocycles. The highest BCUT2D eigenvalue weighted by molar-refractivity contribution is 7.90. The Labute approximate surface area is 289 Å². The van der Waals surface area contributed by atoms with Gasteiger partial charge < -0.3 is 9.64 Å². The molecule has 264 valence electrons. The summed E-state index contributed by atoms with van der Waals surface area (Å²) in [6.07, 6.45) is 0.413. The molecular formula is C36H39F3N6O4S. The van der Waals surface area contributed by atoms with Gasteiger partial charge in [0.15, 0.2) is 10.8 Å². The van der Waals surface area contributed by atoms with Gasteiger partial charge in [-0.15, -0.1) is 5.10 Å². The first-order valence-electron chi connectivity index (χ1n) is 16.9. The van der Waals surface area contributed by atoms with Crippen molar-refractivity contribution in [2.24, 2.45) is 11.3 Å². The molecule has 0 spiro atoms. The lowest BCUT2D eigenvalue weighted by Gasteiger charge is -2.34. The fourth-order valence-corrected chi connectivity index (χ4v) is 8.39. The standard InChI is InChI=1S/C36H39F3N6O4S/c1-34(2)22-25-23-44(34)32-28(14-15-29(41-32)45-20-16-30(42-45)49-21-19-35(17-18-35)36(37,38)39)33(46)43-50(47,48)31-13-7-11-26(40-31)10-6-12-27(25)24-8-4-3-5-9-24/h3-5,7-9,11,13-16,20,25,27H,6,10,12,17-19,21-23H2,1-2H3,(H,43,46). The number of alkyl halides is 3. The number of benzene rings is 1. The van der Waals surface area contributed by atoms with Crippen molar-refractivity contribution in [2.45, 2.75) is 81.5 Å². The van der Waals surface area contributed by atoms with Gasteiger partial charge in [0.2, 0.25) is 5.88 Å². The lowest BCUT2D eigenvalue weighted by molar-refractivity contribution is -0.190. The molecule has 5 heterocycles. The van der Waals surface area contributed by atoms with Gasteiger partial charge in [-0.1, -0.05) is 36.4 Å². The van der Waals surface area contributed by atoms with Crippen LogP contribution in [0.4, 0.5) is 19.0 Å². The second kappa shape index (κ2) is 12.7. The second-order valence-corrected chi connectivity index (χ2v) is 15.8. The highest BCUT2D eigenvalue weighted by Gasteiger charge is 2.62. The molecule has 3 aromatic heterocycles. The van der Waals surface area contributed by atoms with Gasteiger partial charge in [-0.05, 0) is 100 Å². The Morgan fingerprint density at radius 3 is 2.52 bits per heavy atom. The maximum atomic E-state index is 13.8. The third-order valence-corrected chi connectivity index (χ3v) is 11.6. The fourth-order valence-electron chi connectivity index (χ4n) is 7.43. The van der Waals surface area contributed by atoms with Gasteiger partial charge >= 0.3 is 6.18 Å². The molecule has 2 fully saturated rings. The van der Waals surface area contributed by atoms with E-state index in [1.165, 1.54) is 22.4 Å². The van der Waals surface area contributed by atoms with Crippen LogP contribution in [0.2, 0.25) is 0 Å². The van der Waals surface area contributed by atoms with Crippen LogP contribution >= 0.6 is 0 Å². The van der Waals surface area contributed by atoms with Crippen molar-refractivity contribution < 1.29 is 31.1 Å². The van der Waals surface area contributed by atoms with Gasteiger partial charge in [0.05, 0.1) is 17.6 Å². The number of sulfonamides is 1. The zero-order valence-electron chi connectivity index (χ0n) is 27.9. The maximum absolute atomic E-state index is 13.8. The molecule has 7 rings (SSSR count). The Bertz CT molecular complexity index is 2000. The van der Waals surface area contributed by atoms with E-state index in [0.29, 0.717) is 30.3 Å². The maximum Gasteiger partial charge on any atom is 0.394 e. The molecule has 1 aromatic carbocycles. The minimum absolute atomic E-state index is 0.0684. The minimum atomic E-state index is -4.31. The van der Waals surface area contributed by atoms with E-state index in [0.717, 1.165) is 19.3 Å². The number of carbonyl (C=O) groups is 1. The van der Waals surface area contributed by atoms with E-state index < -0.39 is 33.1 Å². The van der Waals surface area contributed by atoms with Crippen molar-refractivity contribution in [1.29, 1.82) is 0 Å². The number of aryl methyl sites for hydroxylation is 1. The van der Waals surface area contributed by atoms with E-state index in [4.69, 9.17) is 9.72 Å². The first-order valence-corrected chi connectivity index (χ1v) is 18.4. The smallest absolute Gasteiger partial charge is 0.394 e. The molecule has 2 atom stereocenters. The first kappa shape index (κ1) is 34.0. The molecule has 0 radical (unpaired) electrons. The number of fused-ring (bicyclic) bond motifs is 6. The summed E-state index contributed by atoms with van der Waals surface area (Å²) >= 11 is 0. The number of nitrogens with one attached hydrogen (secondary N) is 1. The van der Waals surface area contributed by atoms with Crippen LogP contribution in [-0.4, -0.2) is 58.9 Å². The molecule has 4 aromatic rings. The van der Waals surface area contributed by atoms with Crippen molar-refractivity contribution in [1.82, 2.24) is 24.5 Å². The number of hydrogen-bond acceptors (Lipinski definition) is 8. The number of nitrogens with zero attached hydrogens (tertiary/aromatic N) is 5. The van der Waals surface area contributed by atoms with Gasteiger partial charge in [0, 0.05) is 30.0 Å². The van der Waals surface area contributed by atoms with Crippen molar-refractivity contribution in [2.75, 3.05) is 18.1 Å². The molecule has 10 nitrogen and oxygen atoms in total. The molecular weight excluding hydrogens is 669 g/mol. The third kappa shape index (κ3) is 6.69. The lowest BCUT2D eigenvalue weighted by Crippen LogP contribution is -2.41. The molecule has 1 saturated heterocycles. The van der Waals surface area contributed by atoms with Gasteiger partial charge in [0.1, 0.15) is 5.82 Å². The summed E-state index contributed by atoms with van der Waals surface area (Å²) in [6.45, 7) is 4.61. The van der Waals surface area contributed by atoms with E-state index in [1.807, 2.05) is 18.2 Å². The third-order valence-electron chi connectivity index (χ3n) is 10.4. The Morgan fingerprint density at radius 1 is 1.00 bits per heavy atom. The number of aromatic nitrogens is 4. The molecule has 1 N–H and O–H groups in total. The summed E-state index contributed by atoms with van der Waals surface area (Å²) in [5.41, 5.74) is -0.214. The molecule has 50 heavy (non-hydrogen) atoms. The molecule has 4 bridgehead atoms. The normalized spacial score (nSPS) is 22.5. The zero-order valence-corrected chi connectivity index (χ0v) is 28.7. The molecule has 1 aliphatic carbocycles. The monoisotopic (exact) mass is 708 g/mol. The summed E-state index contributed by atoms with van der Waals surface area (Å²) in [6, 6.07) is 19.8. The lowest BCUT2D eigenvalue weighted by atomic mass is 9.79. The van der Waals surface area contributed by atoms with Gasteiger partial charge in [-0.25, -0.2) is 19.4 Å². The molecule has 1 saturated carbocycles. The molecule has 14 heteroatoms. The average Bonchev–Trinajstić information content (AvgIpc) is 3.62. The van der Waals surface area contributed by atoms with Gasteiger partial charge in [-0.2, -0.15) is 21.6 Å². The summed E-state index contributed by atoms with van der Waals surface area (Å²) < 4.78 is 76.2. The van der Waals surface area contributed by atoms with Crippen molar-refractivity contribution in [3.05, 3.63) is 89.7 Å². The average molecular weight is 709 g/mol. The molecule has 3 aliphatic rings. The van der Waals surface area contributed by atoms with Crippen LogP contribution in [0.15, 0.2) is 78.0 Å². The van der Waals surface area contributed by atoms with Crippen molar-refractivity contribution >= 4 is 21.7 Å². The van der Waals surface area contributed by atoms with Crippen LogP contribution in [0.5, 0.6) is 5.88 Å². The topological polar surface area (TPSA) is 119 Å². The quantitative estimate of drug-likeness (QED) is 0.238. The number of hydrogen-bond donors (Lipinski definition) is 1. The van der Waals surface area contributed by atoms with Crippen LogP contribution in [0.3, 0.4) is 0 Å². The van der Waals surface area contributed by atoms with Crippen LogP contribution in [0, 0.1) is 11.3 Å². The van der Waals surface area contributed by atoms with E-state index in [2.05, 4.69) is 45.7 Å². The summed E-state index contributed by atoms with van der Waals surface area (Å²) in [4.78, 5) is 25.2. The minimum Gasteiger partial charge on any atom is -0.477 e. The van der Waals surface area contributed by atoms with Crippen LogP contribution in [0.1, 0.15) is 79.9 Å². The number of carbonyl (C=O) groups excluding carboxylic acids is 1. The van der Waals surface area contributed by atoms with Crippen LogP contribution < -0.4 is 14.4 Å². The summed E-state index contributed by atoms with van der Waals surface area (Å²) in [5.74, 6) is 0.309. The fraction of sp³-hybridized carbons (Fsp3) is 0.444. The van der Waals surface area contributed by atoms with Gasteiger partial charge in [0.25, 0.3) is 15.9 Å².